The van der Waals surface area contributed by atoms with Crippen LogP contribution in [0.15, 0.2) is 73.3 Å². The van der Waals surface area contributed by atoms with Crippen molar-refractivity contribution >= 4 is 11.7 Å². The van der Waals surface area contributed by atoms with Gasteiger partial charge in [0.1, 0.15) is 11.2 Å². The van der Waals surface area contributed by atoms with E-state index in [-0.39, 0.29) is 0 Å². The molecule has 0 bridgehead atoms. The van der Waals surface area contributed by atoms with Crippen molar-refractivity contribution in [1.82, 2.24) is 24.6 Å². The number of imidazole rings is 1. The number of benzene rings is 1. The zero-order chi connectivity index (χ0) is 21.3. The van der Waals surface area contributed by atoms with E-state index in [1.165, 1.54) is 5.06 Å². The predicted octanol–water partition coefficient (Wildman–Crippen LogP) is 2.48. The Morgan fingerprint density at radius 1 is 1.06 bits per heavy atom. The summed E-state index contributed by atoms with van der Waals surface area (Å²) in [5.74, 6) is 6.30. The van der Waals surface area contributed by atoms with Gasteiger partial charge in [0, 0.05) is 36.1 Å². The molecule has 1 aliphatic heterocycles. The molecule has 2 N–H and O–H groups in total. The van der Waals surface area contributed by atoms with Crippen molar-refractivity contribution in [3.63, 3.8) is 0 Å². The minimum Gasteiger partial charge on any atom is -0.350 e. The van der Waals surface area contributed by atoms with E-state index in [4.69, 9.17) is 10.6 Å². The van der Waals surface area contributed by atoms with Gasteiger partial charge in [-0.1, -0.05) is 24.1 Å². The molecule has 2 amide bonds. The molecule has 1 atom stereocenters. The fraction of sp³-hybridized carbons (Fsp3) is 0.130. The van der Waals surface area contributed by atoms with Crippen LogP contribution in [0.5, 0.6) is 0 Å². The second-order valence-electron chi connectivity index (χ2n) is 7.09. The molecule has 1 unspecified atom stereocenters. The first kappa shape index (κ1) is 18.8. The number of hydroxylamine groups is 2. The molecule has 5 rings (SSSR count). The van der Waals surface area contributed by atoms with Gasteiger partial charge in [-0.05, 0) is 41.8 Å². The van der Waals surface area contributed by atoms with Gasteiger partial charge < -0.3 is 5.73 Å². The van der Waals surface area contributed by atoms with E-state index in [1.54, 1.807) is 29.3 Å². The Bertz CT molecular complexity index is 1320. The molecular formula is C23H18N6O2. The summed E-state index contributed by atoms with van der Waals surface area (Å²) in [6.07, 6.45) is 7.35. The highest BCUT2D eigenvalue weighted by atomic mass is 16.7. The summed E-state index contributed by atoms with van der Waals surface area (Å²) < 4.78 is 1.69. The van der Waals surface area contributed by atoms with E-state index in [0.29, 0.717) is 18.7 Å². The van der Waals surface area contributed by atoms with Crippen LogP contribution >= 0.6 is 0 Å². The lowest BCUT2D eigenvalue weighted by atomic mass is 9.81. The molecule has 1 fully saturated rings. The van der Waals surface area contributed by atoms with Gasteiger partial charge in [0.05, 0.1) is 12.8 Å². The number of nitrogens with zero attached hydrogens (tertiary/aromatic N) is 5. The number of hydrogen-bond donors (Lipinski definition) is 1. The topological polar surface area (TPSA) is 98.6 Å². The summed E-state index contributed by atoms with van der Waals surface area (Å²) in [5.41, 5.74) is 8.65. The minimum absolute atomic E-state index is 0.362. The normalized spacial score (nSPS) is 18.0. The van der Waals surface area contributed by atoms with Crippen molar-refractivity contribution in [1.29, 1.82) is 0 Å². The maximum atomic E-state index is 12.2. The predicted molar refractivity (Wildman–Crippen MR) is 112 cm³/mol. The van der Waals surface area contributed by atoms with Gasteiger partial charge in [0.2, 0.25) is 0 Å². The molecule has 1 saturated heterocycles. The number of amides is 2. The molecule has 0 radical (unpaired) electrons. The highest BCUT2D eigenvalue weighted by molar-refractivity contribution is 5.73. The van der Waals surface area contributed by atoms with Crippen LogP contribution in [0.25, 0.3) is 5.65 Å². The summed E-state index contributed by atoms with van der Waals surface area (Å²) in [6, 6.07) is 14.5. The highest BCUT2D eigenvalue weighted by Crippen LogP contribution is 2.43. The maximum Gasteiger partial charge on any atom is 0.339 e. The van der Waals surface area contributed by atoms with Crippen molar-refractivity contribution in [3.05, 3.63) is 95.7 Å². The Morgan fingerprint density at radius 2 is 1.94 bits per heavy atom. The van der Waals surface area contributed by atoms with Gasteiger partial charge in [-0.2, -0.15) is 10.2 Å². The number of urea groups is 1. The minimum atomic E-state index is -0.872. The highest BCUT2D eigenvalue weighted by Gasteiger charge is 2.48. The molecule has 0 saturated carbocycles. The number of fused-ring (bicyclic) bond motifs is 1. The molecule has 31 heavy (non-hydrogen) atoms. The second-order valence-corrected chi connectivity index (χ2v) is 7.09. The summed E-state index contributed by atoms with van der Waals surface area (Å²) >= 11 is 0. The fourth-order valence-corrected chi connectivity index (χ4v) is 3.95. The molecule has 152 valence electrons. The Labute approximate surface area is 178 Å². The summed E-state index contributed by atoms with van der Waals surface area (Å²) in [7, 11) is 0. The zero-order valence-corrected chi connectivity index (χ0v) is 16.5. The third kappa shape index (κ3) is 3.17. The smallest absolute Gasteiger partial charge is 0.339 e. The average Bonchev–Trinajstić information content (AvgIpc) is 3.44. The number of pyridine rings is 1. The number of aromatic nitrogens is 4. The van der Waals surface area contributed by atoms with Crippen molar-refractivity contribution in [2.75, 3.05) is 6.61 Å². The quantitative estimate of drug-likeness (QED) is 0.512. The largest absolute Gasteiger partial charge is 0.350 e. The van der Waals surface area contributed by atoms with Gasteiger partial charge in [0.15, 0.2) is 5.65 Å². The van der Waals surface area contributed by atoms with Gasteiger partial charge >= 0.3 is 6.03 Å². The van der Waals surface area contributed by atoms with Crippen LogP contribution in [0, 0.1) is 11.8 Å². The SMILES string of the molecule is NC(=O)N1OCCC1(c1cccnc1)c1cccc(C#Cc2cnc3cccnn23)c1. The number of primary amides is 1. The van der Waals surface area contributed by atoms with Crippen LogP contribution in [0.4, 0.5) is 4.79 Å². The molecule has 0 aliphatic carbocycles. The van der Waals surface area contributed by atoms with Crippen LogP contribution in [-0.4, -0.2) is 37.3 Å². The Balaban J connectivity index is 1.59. The van der Waals surface area contributed by atoms with E-state index in [0.717, 1.165) is 22.3 Å². The number of carbonyl (C=O) groups is 1. The molecule has 4 aromatic rings. The molecule has 8 heteroatoms. The van der Waals surface area contributed by atoms with Crippen molar-refractivity contribution in [2.24, 2.45) is 5.73 Å². The Morgan fingerprint density at radius 3 is 2.77 bits per heavy atom. The van der Waals surface area contributed by atoms with Crippen LogP contribution in [0.1, 0.15) is 28.8 Å². The van der Waals surface area contributed by atoms with E-state index in [1.807, 2.05) is 48.5 Å². The number of carbonyl (C=O) groups excluding carboxylic acids is 1. The Hall–Kier alpha value is -4.22. The standard InChI is InChI=1S/C23H18N6O2/c24-22(30)29-23(10-13-31-29,19-6-2-11-25-15-19)18-5-1-4-17(14-18)8-9-20-16-26-21-7-3-12-27-28(20)21/h1-7,11-12,14-16H,10,13H2,(H2,24,30). The van der Waals surface area contributed by atoms with E-state index in [9.17, 15) is 4.79 Å². The molecule has 4 heterocycles. The van der Waals surface area contributed by atoms with Crippen molar-refractivity contribution < 1.29 is 9.63 Å². The summed E-state index contributed by atoms with van der Waals surface area (Å²) in [5, 5.41) is 5.53. The molecule has 0 spiro atoms. The van der Waals surface area contributed by atoms with E-state index < -0.39 is 11.6 Å². The van der Waals surface area contributed by atoms with Crippen molar-refractivity contribution in [2.45, 2.75) is 12.0 Å². The molecule has 3 aromatic heterocycles. The lowest BCUT2D eigenvalue weighted by Crippen LogP contribution is -2.47. The fourth-order valence-electron chi connectivity index (χ4n) is 3.95. The van der Waals surface area contributed by atoms with Gasteiger partial charge in [-0.25, -0.2) is 14.3 Å². The number of rotatable bonds is 2. The lowest BCUT2D eigenvalue weighted by molar-refractivity contribution is -0.107. The van der Waals surface area contributed by atoms with Gasteiger partial charge in [-0.15, -0.1) is 0 Å². The molecular weight excluding hydrogens is 392 g/mol. The Kier molecular flexibility index (Phi) is 4.58. The molecule has 1 aromatic carbocycles. The first-order chi connectivity index (χ1) is 15.2. The maximum absolute atomic E-state index is 12.2. The van der Waals surface area contributed by atoms with Crippen molar-refractivity contribution in [3.8, 4) is 11.8 Å². The van der Waals surface area contributed by atoms with Gasteiger partial charge in [0.25, 0.3) is 0 Å². The third-order valence-electron chi connectivity index (χ3n) is 5.32. The first-order valence-corrected chi connectivity index (χ1v) is 9.73. The summed E-state index contributed by atoms with van der Waals surface area (Å²) in [6.45, 7) is 0.362. The third-order valence-corrected chi connectivity index (χ3v) is 5.32. The van der Waals surface area contributed by atoms with Gasteiger partial charge in [-0.3, -0.25) is 9.82 Å². The van der Waals surface area contributed by atoms with Crippen LogP contribution in [-0.2, 0) is 10.4 Å². The first-order valence-electron chi connectivity index (χ1n) is 9.73. The lowest BCUT2D eigenvalue weighted by Gasteiger charge is -2.36. The number of nitrogens with two attached hydrogens (primary N) is 1. The monoisotopic (exact) mass is 410 g/mol. The molecule has 8 nitrogen and oxygen atoms in total. The number of hydrogen-bond acceptors (Lipinski definition) is 5. The van der Waals surface area contributed by atoms with Crippen LogP contribution < -0.4 is 5.73 Å². The van der Waals surface area contributed by atoms with Crippen LogP contribution in [0.3, 0.4) is 0 Å². The second kappa shape index (κ2) is 7.55. The molecule has 1 aliphatic rings. The van der Waals surface area contributed by atoms with Crippen LogP contribution in [0.2, 0.25) is 0 Å². The van der Waals surface area contributed by atoms with E-state index >= 15 is 0 Å². The average molecular weight is 410 g/mol. The summed E-state index contributed by atoms with van der Waals surface area (Å²) in [4.78, 5) is 26.4. The zero-order valence-electron chi connectivity index (χ0n) is 16.5. The van der Waals surface area contributed by atoms with E-state index in [2.05, 4.69) is 26.9 Å².